The van der Waals surface area contributed by atoms with E-state index in [1.165, 1.54) is 24.9 Å². The van der Waals surface area contributed by atoms with Gasteiger partial charge in [-0.15, -0.1) is 11.8 Å². The van der Waals surface area contributed by atoms with Gasteiger partial charge in [0.05, 0.1) is 34.7 Å². The zero-order chi connectivity index (χ0) is 28.2. The molecule has 0 spiro atoms. The Morgan fingerprint density at radius 3 is 2.75 bits per heavy atom. The number of carboxylic acids is 1. The van der Waals surface area contributed by atoms with Crippen molar-refractivity contribution in [3.63, 3.8) is 0 Å². The number of carbonyl (C=O) groups is 3. The monoisotopic (exact) mass is 563 g/mol. The number of carboxylic acid groups (broad SMARTS) is 1. The van der Waals surface area contributed by atoms with E-state index in [1.54, 1.807) is 30.3 Å². The summed E-state index contributed by atoms with van der Waals surface area (Å²) < 4.78 is 5.26. The summed E-state index contributed by atoms with van der Waals surface area (Å²) >= 11 is 1.42. The van der Waals surface area contributed by atoms with Crippen molar-refractivity contribution in [1.82, 2.24) is 14.9 Å². The van der Waals surface area contributed by atoms with Gasteiger partial charge in [-0.1, -0.05) is 6.07 Å². The minimum atomic E-state index is -1.06. The molecule has 11 nitrogen and oxygen atoms in total. The fourth-order valence-corrected chi connectivity index (χ4v) is 5.61. The molecule has 1 fully saturated rings. The molecule has 4 heterocycles. The van der Waals surface area contributed by atoms with Crippen molar-refractivity contribution in [2.24, 2.45) is 5.92 Å². The minimum absolute atomic E-state index is 0.106. The highest BCUT2D eigenvalue weighted by Crippen LogP contribution is 2.32. The lowest BCUT2D eigenvalue weighted by Gasteiger charge is -2.32. The van der Waals surface area contributed by atoms with Crippen LogP contribution in [0.4, 0.5) is 11.5 Å². The number of piperidine rings is 1. The Kier molecular flexibility index (Phi) is 8.29. The first-order chi connectivity index (χ1) is 19.3. The first-order valence-electron chi connectivity index (χ1n) is 12.8. The van der Waals surface area contributed by atoms with E-state index in [1.807, 2.05) is 6.07 Å². The van der Waals surface area contributed by atoms with Crippen LogP contribution in [0.25, 0.3) is 17.0 Å². The average molecular weight is 564 g/mol. The van der Waals surface area contributed by atoms with Crippen LogP contribution in [0.3, 0.4) is 0 Å². The molecule has 0 bridgehead atoms. The number of ether oxygens (including phenoxy) is 1. The Labute approximate surface area is 234 Å². The van der Waals surface area contributed by atoms with Crippen molar-refractivity contribution in [3.8, 4) is 5.88 Å². The summed E-state index contributed by atoms with van der Waals surface area (Å²) in [6, 6.07) is 10.6. The fraction of sp³-hybridized carbons (Fsp3) is 0.321. The smallest absolute Gasteiger partial charge is 0.328 e. The zero-order valence-electron chi connectivity index (χ0n) is 21.8. The highest BCUT2D eigenvalue weighted by molar-refractivity contribution is 8.00. The summed E-state index contributed by atoms with van der Waals surface area (Å²) in [7, 11) is 1.50. The molecular formula is C28H29N5O6S. The van der Waals surface area contributed by atoms with E-state index in [4.69, 9.17) is 9.84 Å². The number of aliphatic hydroxyl groups excluding tert-OH is 1. The van der Waals surface area contributed by atoms with Crippen LogP contribution in [0.1, 0.15) is 30.2 Å². The van der Waals surface area contributed by atoms with Crippen molar-refractivity contribution in [2.45, 2.75) is 23.8 Å². The van der Waals surface area contributed by atoms with Gasteiger partial charge in [-0.3, -0.25) is 9.59 Å². The van der Waals surface area contributed by atoms with Gasteiger partial charge in [0.25, 0.3) is 0 Å². The van der Waals surface area contributed by atoms with Crippen LogP contribution in [-0.2, 0) is 14.4 Å². The van der Waals surface area contributed by atoms with Gasteiger partial charge in [-0.25, -0.2) is 14.8 Å². The van der Waals surface area contributed by atoms with Gasteiger partial charge < -0.3 is 30.5 Å². The molecule has 3 aromatic rings. The Morgan fingerprint density at radius 1 is 1.20 bits per heavy atom. The topological polar surface area (TPSA) is 154 Å². The Hall–Kier alpha value is -4.00. The fourth-order valence-electron chi connectivity index (χ4n) is 4.86. The molecule has 2 aliphatic heterocycles. The lowest BCUT2D eigenvalue weighted by molar-refractivity contribution is -0.131. The average Bonchev–Trinajstić information content (AvgIpc) is 2.96. The highest BCUT2D eigenvalue weighted by atomic mass is 32.2. The summed E-state index contributed by atoms with van der Waals surface area (Å²) in [6.07, 6.45) is 2.97. The number of hydrogen-bond donors (Lipinski definition) is 4. The predicted octanol–water partition coefficient (Wildman–Crippen LogP) is 3.16. The van der Waals surface area contributed by atoms with Crippen molar-refractivity contribution >= 4 is 58.0 Å². The number of pyridine rings is 2. The number of hydrogen-bond acceptors (Lipinski definition) is 9. The number of aromatic nitrogens is 2. The third-order valence-electron chi connectivity index (χ3n) is 6.97. The maximum absolute atomic E-state index is 13.2. The van der Waals surface area contributed by atoms with Crippen molar-refractivity contribution in [3.05, 3.63) is 53.7 Å². The van der Waals surface area contributed by atoms with E-state index >= 15 is 0 Å². The van der Waals surface area contributed by atoms with Crippen LogP contribution >= 0.6 is 11.8 Å². The van der Waals surface area contributed by atoms with Gasteiger partial charge in [-0.05, 0) is 61.8 Å². The number of amides is 2. The normalized spacial score (nSPS) is 16.9. The molecule has 0 saturated carbocycles. The molecule has 2 aliphatic rings. The number of aliphatic carboxylic acids is 1. The summed E-state index contributed by atoms with van der Waals surface area (Å²) in [5, 5.41) is 26.2. The molecule has 2 amide bonds. The number of nitrogens with one attached hydrogen (secondary N) is 2. The molecule has 12 heteroatoms. The summed E-state index contributed by atoms with van der Waals surface area (Å²) in [4.78, 5) is 47.8. The number of aliphatic hydroxyl groups is 1. The second kappa shape index (κ2) is 12.0. The lowest BCUT2D eigenvalue weighted by Crippen LogP contribution is -2.40. The second-order valence-electron chi connectivity index (χ2n) is 9.62. The number of anilines is 2. The second-order valence-corrected chi connectivity index (χ2v) is 10.6. The van der Waals surface area contributed by atoms with Crippen molar-refractivity contribution in [1.29, 1.82) is 0 Å². The molecule has 1 aromatic carbocycles. The van der Waals surface area contributed by atoms with E-state index in [-0.39, 0.29) is 17.7 Å². The third-order valence-corrected chi connectivity index (χ3v) is 8.01. The van der Waals surface area contributed by atoms with Crippen LogP contribution in [0, 0.1) is 5.92 Å². The molecule has 0 radical (unpaired) electrons. The van der Waals surface area contributed by atoms with E-state index in [9.17, 15) is 19.5 Å². The largest absolute Gasteiger partial charge is 0.481 e. The molecular weight excluding hydrogens is 534 g/mol. The number of benzene rings is 1. The quantitative estimate of drug-likeness (QED) is 0.301. The van der Waals surface area contributed by atoms with Gasteiger partial charge in [-0.2, -0.15) is 0 Å². The highest BCUT2D eigenvalue weighted by Gasteiger charge is 2.28. The number of nitrogens with zero attached hydrogens (tertiary/aromatic N) is 3. The van der Waals surface area contributed by atoms with Crippen LogP contribution in [-0.4, -0.2) is 75.4 Å². The Balaban J connectivity index is 1.22. The maximum Gasteiger partial charge on any atom is 0.328 e. The van der Waals surface area contributed by atoms with Gasteiger partial charge in [0, 0.05) is 30.0 Å². The van der Waals surface area contributed by atoms with Crippen LogP contribution in [0.5, 0.6) is 5.88 Å². The van der Waals surface area contributed by atoms with Crippen LogP contribution in [0.15, 0.2) is 47.4 Å². The van der Waals surface area contributed by atoms with Crippen LogP contribution < -0.4 is 15.4 Å². The van der Waals surface area contributed by atoms with Crippen molar-refractivity contribution in [2.75, 3.05) is 43.1 Å². The standard InChI is InChI=1S/C28H29N5O6S/c1-39-24-8-4-18-16(3-9-25(36)37)2-5-20(26(18)32-24)30-28(38)17-10-12-33(13-11-17)14-21(34)19-6-7-22-27(29-19)31-23(35)15-40-22/h2-9,17,21,34H,10-15H2,1H3,(H,30,38)(H,36,37)(H,29,31,35)/b9-3+. The minimum Gasteiger partial charge on any atom is -0.481 e. The number of methoxy groups -OCH3 is 1. The van der Waals surface area contributed by atoms with E-state index in [0.717, 1.165) is 11.0 Å². The number of rotatable bonds is 8. The molecule has 208 valence electrons. The molecule has 1 atom stereocenters. The van der Waals surface area contributed by atoms with Gasteiger partial charge >= 0.3 is 5.97 Å². The van der Waals surface area contributed by atoms with E-state index < -0.39 is 12.1 Å². The Morgan fingerprint density at radius 2 is 2.00 bits per heavy atom. The van der Waals surface area contributed by atoms with Crippen molar-refractivity contribution < 1.29 is 29.3 Å². The van der Waals surface area contributed by atoms with Gasteiger partial charge in [0.1, 0.15) is 11.9 Å². The van der Waals surface area contributed by atoms with Gasteiger partial charge in [0.15, 0.2) is 0 Å². The molecule has 1 unspecified atom stereocenters. The van der Waals surface area contributed by atoms with E-state index in [2.05, 4.69) is 25.5 Å². The lowest BCUT2D eigenvalue weighted by atomic mass is 9.95. The maximum atomic E-state index is 13.2. The van der Waals surface area contributed by atoms with Crippen LogP contribution in [0.2, 0.25) is 0 Å². The third kappa shape index (κ3) is 6.24. The summed E-state index contributed by atoms with van der Waals surface area (Å²) in [5.41, 5.74) is 2.19. The Bertz CT molecular complexity index is 1490. The molecule has 4 N–H and O–H groups in total. The predicted molar refractivity (Wildman–Crippen MR) is 151 cm³/mol. The van der Waals surface area contributed by atoms with Gasteiger partial charge in [0.2, 0.25) is 17.7 Å². The number of carbonyl (C=O) groups excluding carboxylic acids is 2. The SMILES string of the molecule is COc1ccc2c(/C=C/C(=O)O)ccc(NC(=O)C3CCN(CC(O)c4ccc5c(n4)NC(=O)CS5)CC3)c2n1. The molecule has 40 heavy (non-hydrogen) atoms. The first kappa shape index (κ1) is 27.6. The molecule has 0 aliphatic carbocycles. The summed E-state index contributed by atoms with van der Waals surface area (Å²) in [5.74, 6) is -0.278. The molecule has 2 aromatic heterocycles. The molecule has 5 rings (SSSR count). The zero-order valence-corrected chi connectivity index (χ0v) is 22.6. The summed E-state index contributed by atoms with van der Waals surface area (Å²) in [6.45, 7) is 1.65. The number of likely N-dealkylation sites (tertiary alicyclic amines) is 1. The number of β-amino-alcohol motifs (C(OH)–C–C–N with tert-alkyl or cyclic N) is 1. The van der Waals surface area contributed by atoms with E-state index in [0.29, 0.717) is 77.8 Å². The number of thioether (sulfide) groups is 1. The first-order valence-corrected chi connectivity index (χ1v) is 13.8. The number of fused-ring (bicyclic) bond motifs is 2. The molecule has 1 saturated heterocycles.